The topological polar surface area (TPSA) is 38.3 Å². The number of cyclic esters (lactones) is 1. The van der Waals surface area contributed by atoms with Crippen molar-refractivity contribution in [2.24, 2.45) is 0 Å². The summed E-state index contributed by atoms with van der Waals surface area (Å²) in [6, 6.07) is 8.17. The molecule has 1 aliphatic heterocycles. The van der Waals surface area contributed by atoms with Gasteiger partial charge in [-0.05, 0) is 5.56 Å². The van der Waals surface area contributed by atoms with Gasteiger partial charge in [-0.1, -0.05) is 30.3 Å². The molecule has 1 aromatic carbocycles. The van der Waals surface area contributed by atoms with E-state index in [9.17, 15) is 4.79 Å². The van der Waals surface area contributed by atoms with Crippen molar-refractivity contribution in [1.29, 1.82) is 0 Å². The predicted molar refractivity (Wildman–Crippen MR) is 43.7 cm³/mol. The molecule has 0 bridgehead atoms. The molecule has 2 rings (SSSR count). The van der Waals surface area contributed by atoms with Gasteiger partial charge in [0.15, 0.2) is 0 Å². The molecule has 3 heteroatoms. The van der Waals surface area contributed by atoms with E-state index in [4.69, 9.17) is 2.74 Å². The number of hydrogen-bond acceptors (Lipinski definition) is 2. The van der Waals surface area contributed by atoms with E-state index < -0.39 is 18.7 Å². The van der Waals surface area contributed by atoms with Gasteiger partial charge in [-0.3, -0.25) is 0 Å². The number of carbonyl (C=O) groups is 1. The molecule has 1 aliphatic rings. The molecule has 1 saturated heterocycles. The highest BCUT2D eigenvalue weighted by Gasteiger charge is 2.22. The maximum absolute atomic E-state index is 10.9. The van der Waals surface area contributed by atoms with Gasteiger partial charge >= 0.3 is 6.09 Å². The summed E-state index contributed by atoms with van der Waals surface area (Å²) in [5, 5.41) is 2.42. The van der Waals surface area contributed by atoms with Crippen molar-refractivity contribution in [3.63, 3.8) is 0 Å². The summed E-state index contributed by atoms with van der Waals surface area (Å²) in [4.78, 5) is 10.9. The number of hydrogen-bond donors (Lipinski definition) is 1. The Kier molecular flexibility index (Phi) is 1.23. The van der Waals surface area contributed by atoms with Crippen LogP contribution in [0.15, 0.2) is 30.3 Å². The van der Waals surface area contributed by atoms with Crippen molar-refractivity contribution in [3.05, 3.63) is 35.9 Å². The lowest BCUT2D eigenvalue weighted by Crippen LogP contribution is -2.17. The summed E-state index contributed by atoms with van der Waals surface area (Å²) < 4.78 is 19.4. The minimum Gasteiger partial charge on any atom is -0.447 e. The quantitative estimate of drug-likeness (QED) is 0.684. The fourth-order valence-corrected chi connectivity index (χ4v) is 1.09. The number of carbonyl (C=O) groups excluding carboxylic acids is 1. The average Bonchev–Trinajstić information content (AvgIpc) is 2.41. The number of alkyl carbamates (subject to hydrolysis) is 1. The molecular weight excluding hydrogens is 154 g/mol. The Morgan fingerprint density at radius 3 is 2.83 bits per heavy atom. The van der Waals surface area contributed by atoms with Gasteiger partial charge < -0.3 is 10.1 Å². The first-order valence-electron chi connectivity index (χ1n) is 4.64. The average molecular weight is 165 g/mol. The minimum atomic E-state index is -1.97. The molecule has 3 nitrogen and oxygen atoms in total. The second kappa shape index (κ2) is 2.85. The largest absolute Gasteiger partial charge is 0.447 e. The maximum Gasteiger partial charge on any atom is 0.407 e. The first-order valence-corrected chi connectivity index (χ1v) is 3.64. The van der Waals surface area contributed by atoms with Crippen molar-refractivity contribution in [2.45, 2.75) is 6.04 Å². The Morgan fingerprint density at radius 1 is 1.50 bits per heavy atom. The Labute approximate surface area is 73.2 Å². The molecule has 62 valence electrons. The third-order valence-electron chi connectivity index (χ3n) is 1.66. The van der Waals surface area contributed by atoms with Crippen LogP contribution < -0.4 is 5.32 Å². The third-order valence-corrected chi connectivity index (χ3v) is 1.66. The van der Waals surface area contributed by atoms with Gasteiger partial charge in [-0.15, -0.1) is 0 Å². The molecular formula is C9H9NO2. The molecule has 1 atom stereocenters. The zero-order valence-corrected chi connectivity index (χ0v) is 6.28. The lowest BCUT2D eigenvalue weighted by Gasteiger charge is -2.05. The number of ether oxygens (including phenoxy) is 1. The smallest absolute Gasteiger partial charge is 0.407 e. The van der Waals surface area contributed by atoms with Crippen LogP contribution in [0.1, 0.15) is 14.3 Å². The summed E-state index contributed by atoms with van der Waals surface area (Å²) in [5.41, 5.74) is 0.698. The zero-order valence-electron chi connectivity index (χ0n) is 8.28. The van der Waals surface area contributed by atoms with Crippen LogP contribution in [0.25, 0.3) is 0 Å². The summed E-state index contributed by atoms with van der Waals surface area (Å²) in [6.45, 7) is -1.97. The molecule has 1 N–H and O–H groups in total. The Morgan fingerprint density at radius 2 is 2.25 bits per heavy atom. The van der Waals surface area contributed by atoms with E-state index in [0.29, 0.717) is 5.56 Å². The Balaban J connectivity index is 2.32. The molecule has 12 heavy (non-hydrogen) atoms. The van der Waals surface area contributed by atoms with Crippen LogP contribution >= 0.6 is 0 Å². The van der Waals surface area contributed by atoms with Gasteiger partial charge in [-0.25, -0.2) is 4.79 Å². The molecule has 0 aliphatic carbocycles. The molecule has 1 amide bonds. The van der Waals surface area contributed by atoms with Crippen molar-refractivity contribution < 1.29 is 12.3 Å². The van der Waals surface area contributed by atoms with Gasteiger partial charge in [0, 0.05) is 0 Å². The molecule has 1 fully saturated rings. The summed E-state index contributed by atoms with van der Waals surface area (Å²) in [5.74, 6) is 0. The third kappa shape index (κ3) is 1.25. The minimum absolute atomic E-state index is 0.698. The van der Waals surface area contributed by atoms with E-state index in [1.807, 2.05) is 6.07 Å². The van der Waals surface area contributed by atoms with Crippen molar-refractivity contribution in [2.75, 3.05) is 6.56 Å². The maximum atomic E-state index is 10.9. The Hall–Kier alpha value is -1.51. The predicted octanol–water partition coefficient (Wildman–Crippen LogP) is 1.47. The monoisotopic (exact) mass is 165 g/mol. The zero-order chi connectivity index (χ0) is 10.2. The number of rotatable bonds is 1. The number of benzene rings is 1. The van der Waals surface area contributed by atoms with Crippen LogP contribution in [0.3, 0.4) is 0 Å². The highest BCUT2D eigenvalue weighted by molar-refractivity contribution is 5.70. The van der Waals surface area contributed by atoms with Gasteiger partial charge in [0.1, 0.15) is 6.56 Å². The summed E-state index contributed by atoms with van der Waals surface area (Å²) in [7, 11) is 0. The first-order chi connectivity index (χ1) is 6.59. The highest BCUT2D eigenvalue weighted by atomic mass is 16.6. The molecule has 0 aromatic heterocycles. The fourth-order valence-electron chi connectivity index (χ4n) is 1.09. The molecule has 1 aromatic rings. The van der Waals surface area contributed by atoms with Crippen LogP contribution in [0, 0.1) is 0 Å². The van der Waals surface area contributed by atoms with Crippen molar-refractivity contribution in [1.82, 2.24) is 5.32 Å². The standard InChI is InChI=1S/C9H9NO2/c11-9-10-8(6-12-9)7-4-2-1-3-5-7/h1-5,8H,6H2,(H,10,11)/t8-/m1/s1/i6D2. The fraction of sp³-hybridized carbons (Fsp3) is 0.222. The van der Waals surface area contributed by atoms with Crippen LogP contribution in [0.2, 0.25) is 0 Å². The SMILES string of the molecule is [2H]C1([2H])OC(=O)N[C@H]1c1ccccc1. The van der Waals surface area contributed by atoms with E-state index in [0.717, 1.165) is 0 Å². The van der Waals surface area contributed by atoms with E-state index in [2.05, 4.69) is 10.1 Å². The van der Waals surface area contributed by atoms with E-state index in [-0.39, 0.29) is 0 Å². The van der Waals surface area contributed by atoms with E-state index in [1.54, 1.807) is 24.3 Å². The van der Waals surface area contributed by atoms with E-state index in [1.165, 1.54) is 0 Å². The van der Waals surface area contributed by atoms with Gasteiger partial charge in [0.25, 0.3) is 0 Å². The second-order valence-corrected chi connectivity index (χ2v) is 2.50. The molecule has 0 spiro atoms. The van der Waals surface area contributed by atoms with Crippen molar-refractivity contribution >= 4 is 6.09 Å². The molecule has 0 radical (unpaired) electrons. The molecule has 1 heterocycles. The second-order valence-electron chi connectivity index (χ2n) is 2.50. The molecule has 0 unspecified atom stereocenters. The van der Waals surface area contributed by atoms with E-state index >= 15 is 0 Å². The number of amides is 1. The van der Waals surface area contributed by atoms with Gasteiger partial charge in [0.2, 0.25) is 0 Å². The Bertz CT molecular complexity index is 353. The lowest BCUT2D eigenvalue weighted by molar-refractivity contribution is 0.177. The van der Waals surface area contributed by atoms with Crippen LogP contribution in [-0.2, 0) is 4.74 Å². The van der Waals surface area contributed by atoms with Crippen LogP contribution in [-0.4, -0.2) is 12.7 Å². The van der Waals surface area contributed by atoms with Crippen LogP contribution in [0.5, 0.6) is 0 Å². The van der Waals surface area contributed by atoms with Crippen LogP contribution in [0.4, 0.5) is 4.79 Å². The number of nitrogens with one attached hydrogen (secondary N) is 1. The normalized spacial score (nSPS) is 28.3. The highest BCUT2D eigenvalue weighted by Crippen LogP contribution is 2.16. The molecule has 0 saturated carbocycles. The summed E-state index contributed by atoms with van der Waals surface area (Å²) in [6.07, 6.45) is -0.719. The lowest BCUT2D eigenvalue weighted by atomic mass is 10.1. The van der Waals surface area contributed by atoms with Gasteiger partial charge in [0.05, 0.1) is 8.78 Å². The van der Waals surface area contributed by atoms with Gasteiger partial charge in [-0.2, -0.15) is 0 Å². The van der Waals surface area contributed by atoms with Crippen molar-refractivity contribution in [3.8, 4) is 0 Å². The summed E-state index contributed by atoms with van der Waals surface area (Å²) >= 11 is 0. The first kappa shape index (κ1) is 5.19.